The summed E-state index contributed by atoms with van der Waals surface area (Å²) in [5.41, 5.74) is 10.4. The van der Waals surface area contributed by atoms with Crippen molar-refractivity contribution in [2.75, 3.05) is 18.9 Å². The molecule has 34 heavy (non-hydrogen) atoms. The predicted molar refractivity (Wildman–Crippen MR) is 130 cm³/mol. The number of carbonyl (C=O) groups is 3. The third-order valence-corrected chi connectivity index (χ3v) is 6.87. The molecule has 2 aromatic carbocycles. The highest BCUT2D eigenvalue weighted by atomic mass is 16.3. The largest absolute Gasteiger partial charge is 0.507 e. The Bertz CT molecular complexity index is 1090. The van der Waals surface area contributed by atoms with Crippen molar-refractivity contribution in [2.45, 2.75) is 46.0 Å². The van der Waals surface area contributed by atoms with E-state index in [0.717, 1.165) is 22.3 Å². The van der Waals surface area contributed by atoms with Crippen LogP contribution in [0.25, 0.3) is 11.1 Å². The molecule has 0 aromatic heterocycles. The van der Waals surface area contributed by atoms with E-state index < -0.39 is 12.5 Å². The van der Waals surface area contributed by atoms with Crippen LogP contribution in [0.15, 0.2) is 30.3 Å². The molecule has 3 rings (SSSR count). The van der Waals surface area contributed by atoms with Gasteiger partial charge in [0.15, 0.2) is 5.78 Å². The van der Waals surface area contributed by atoms with E-state index in [2.05, 4.69) is 0 Å². The number of Topliss-reactive ketones (excluding diaryl/α,β-unsaturated/α-hetero) is 3. The van der Waals surface area contributed by atoms with Gasteiger partial charge in [0.05, 0.1) is 18.6 Å². The van der Waals surface area contributed by atoms with Crippen molar-refractivity contribution in [1.29, 1.82) is 0 Å². The van der Waals surface area contributed by atoms with Crippen LogP contribution < -0.4 is 5.73 Å². The van der Waals surface area contributed by atoms with Crippen LogP contribution in [0, 0.1) is 24.7 Å². The van der Waals surface area contributed by atoms with Gasteiger partial charge in [0.1, 0.15) is 17.3 Å². The van der Waals surface area contributed by atoms with Crippen molar-refractivity contribution < 1.29 is 29.7 Å². The van der Waals surface area contributed by atoms with Crippen LogP contribution in [0.4, 0.5) is 5.69 Å². The minimum Gasteiger partial charge on any atom is -0.507 e. The molecule has 0 heterocycles. The third-order valence-electron chi connectivity index (χ3n) is 6.87. The molecular weight excluding hydrogens is 434 g/mol. The number of hydrogen-bond acceptors (Lipinski definition) is 7. The van der Waals surface area contributed by atoms with E-state index in [4.69, 9.17) is 5.73 Å². The summed E-state index contributed by atoms with van der Waals surface area (Å²) in [4.78, 5) is 37.1. The molecule has 0 saturated heterocycles. The number of rotatable bonds is 10. The maximum Gasteiger partial charge on any atom is 0.167 e. The van der Waals surface area contributed by atoms with E-state index in [-0.39, 0.29) is 60.8 Å². The van der Waals surface area contributed by atoms with Gasteiger partial charge >= 0.3 is 0 Å². The van der Waals surface area contributed by atoms with Crippen molar-refractivity contribution in [3.63, 3.8) is 0 Å². The Balaban J connectivity index is 1.94. The Labute approximate surface area is 199 Å². The number of phenolic OH excluding ortho intramolecular Hbond substituents is 1. The number of aryl methyl sites for hydroxylation is 1. The highest BCUT2D eigenvalue weighted by molar-refractivity contribution is 6.03. The Kier molecular flexibility index (Phi) is 8.23. The monoisotopic (exact) mass is 467 g/mol. The Morgan fingerprint density at radius 1 is 1.15 bits per heavy atom. The van der Waals surface area contributed by atoms with Crippen LogP contribution in [0.1, 0.15) is 54.1 Å². The van der Waals surface area contributed by atoms with E-state index in [1.807, 2.05) is 25.1 Å². The van der Waals surface area contributed by atoms with Crippen molar-refractivity contribution >= 4 is 23.0 Å². The van der Waals surface area contributed by atoms with Gasteiger partial charge in [0, 0.05) is 24.6 Å². The summed E-state index contributed by atoms with van der Waals surface area (Å²) in [6, 6.07) is 9.01. The summed E-state index contributed by atoms with van der Waals surface area (Å²) in [5.74, 6) is -2.12. The highest BCUT2D eigenvalue weighted by Gasteiger charge is 2.35. The second kappa shape index (κ2) is 10.9. The molecule has 0 fully saturated rings. The number of aromatic hydroxyl groups is 1. The number of carbonyl (C=O) groups excluding carboxylic acids is 3. The van der Waals surface area contributed by atoms with Gasteiger partial charge in [-0.2, -0.15) is 0 Å². The lowest BCUT2D eigenvalue weighted by molar-refractivity contribution is -0.131. The summed E-state index contributed by atoms with van der Waals surface area (Å²) >= 11 is 0. The second-order valence-electron chi connectivity index (χ2n) is 9.40. The Hall–Kier alpha value is -3.03. The number of phenols is 1. The maximum atomic E-state index is 13.1. The summed E-state index contributed by atoms with van der Waals surface area (Å²) in [5, 5.41) is 29.9. The molecule has 182 valence electrons. The number of hydrogen-bond donors (Lipinski definition) is 4. The first-order chi connectivity index (χ1) is 16.2. The first-order valence-electron chi connectivity index (χ1n) is 11.6. The predicted octanol–water partition coefficient (Wildman–Crippen LogP) is 3.24. The average Bonchev–Trinajstić information content (AvgIpc) is 2.76. The van der Waals surface area contributed by atoms with Crippen molar-refractivity contribution in [1.82, 2.24) is 0 Å². The van der Waals surface area contributed by atoms with E-state index in [0.29, 0.717) is 24.1 Å². The number of aliphatic hydroxyl groups is 2. The van der Waals surface area contributed by atoms with Crippen molar-refractivity contribution in [2.24, 2.45) is 17.8 Å². The molecule has 0 saturated carbocycles. The molecule has 0 spiro atoms. The van der Waals surface area contributed by atoms with Gasteiger partial charge in [-0.3, -0.25) is 14.4 Å². The lowest BCUT2D eigenvalue weighted by Gasteiger charge is -2.31. The van der Waals surface area contributed by atoms with Crippen molar-refractivity contribution in [3.05, 3.63) is 47.0 Å². The average molecular weight is 468 g/mol. The van der Waals surface area contributed by atoms with Gasteiger partial charge in [-0.15, -0.1) is 0 Å². The molecule has 3 unspecified atom stereocenters. The van der Waals surface area contributed by atoms with Crippen LogP contribution >= 0.6 is 0 Å². The van der Waals surface area contributed by atoms with E-state index in [9.17, 15) is 29.7 Å². The molecule has 3 atom stereocenters. The standard InChI is InChI=1S/C27H33NO6/c1-15-3-4-18(13-23(15)28)20-5-6-24(32)27-21(20)11-17(12-26(27)34)10-19(7-8-29)22(14-30)25(33)9-16(2)31/h3-6,13,17,19,22,29-30,32H,7-12,14,28H2,1-2H3. The summed E-state index contributed by atoms with van der Waals surface area (Å²) in [6.45, 7) is 2.66. The summed E-state index contributed by atoms with van der Waals surface area (Å²) < 4.78 is 0. The lowest BCUT2D eigenvalue weighted by atomic mass is 9.72. The fourth-order valence-corrected chi connectivity index (χ4v) is 5.10. The third kappa shape index (κ3) is 5.54. The number of anilines is 1. The lowest BCUT2D eigenvalue weighted by Crippen LogP contribution is -2.32. The van der Waals surface area contributed by atoms with Gasteiger partial charge < -0.3 is 21.1 Å². The Morgan fingerprint density at radius 2 is 1.88 bits per heavy atom. The van der Waals surface area contributed by atoms with Crippen LogP contribution in [-0.4, -0.2) is 45.9 Å². The molecule has 5 N–H and O–H groups in total. The number of fused-ring (bicyclic) bond motifs is 1. The molecule has 0 bridgehead atoms. The zero-order valence-corrected chi connectivity index (χ0v) is 19.7. The molecule has 0 aliphatic heterocycles. The van der Waals surface area contributed by atoms with Crippen LogP contribution in [0.5, 0.6) is 5.75 Å². The zero-order chi connectivity index (χ0) is 25.0. The van der Waals surface area contributed by atoms with Gasteiger partial charge in [0.25, 0.3) is 0 Å². The van der Waals surface area contributed by atoms with Crippen LogP contribution in [0.2, 0.25) is 0 Å². The minimum absolute atomic E-state index is 0.0564. The number of ketones is 3. The number of nitrogens with two attached hydrogens (primary N) is 1. The minimum atomic E-state index is -0.770. The molecule has 0 radical (unpaired) electrons. The molecule has 7 nitrogen and oxygen atoms in total. The van der Waals surface area contributed by atoms with Gasteiger partial charge in [-0.25, -0.2) is 0 Å². The Morgan fingerprint density at radius 3 is 2.50 bits per heavy atom. The number of benzene rings is 2. The first kappa shape index (κ1) is 25.6. The topological polar surface area (TPSA) is 138 Å². The van der Waals surface area contributed by atoms with Crippen LogP contribution in [0.3, 0.4) is 0 Å². The van der Waals surface area contributed by atoms with Gasteiger partial charge in [-0.1, -0.05) is 18.2 Å². The van der Waals surface area contributed by atoms with Gasteiger partial charge in [-0.05, 0) is 79.3 Å². The fraction of sp³-hybridized carbons (Fsp3) is 0.444. The quantitative estimate of drug-likeness (QED) is 0.311. The van der Waals surface area contributed by atoms with E-state index >= 15 is 0 Å². The molecule has 0 amide bonds. The number of aliphatic hydroxyl groups excluding tert-OH is 2. The molecule has 2 aromatic rings. The number of nitrogen functional groups attached to an aromatic ring is 1. The van der Waals surface area contributed by atoms with E-state index in [1.165, 1.54) is 13.0 Å². The molecular formula is C27H33NO6. The fourth-order valence-electron chi connectivity index (χ4n) is 5.10. The van der Waals surface area contributed by atoms with E-state index in [1.54, 1.807) is 6.07 Å². The smallest absolute Gasteiger partial charge is 0.167 e. The molecule has 1 aliphatic rings. The summed E-state index contributed by atoms with van der Waals surface area (Å²) in [7, 11) is 0. The van der Waals surface area contributed by atoms with Gasteiger partial charge in [0.2, 0.25) is 0 Å². The SMILES string of the molecule is CC(=O)CC(=O)C(CO)C(CCO)CC1CC(=O)c2c(O)ccc(-c3ccc(C)c(N)c3)c2C1. The molecule has 7 heteroatoms. The first-order valence-corrected chi connectivity index (χ1v) is 11.6. The second-order valence-corrected chi connectivity index (χ2v) is 9.40. The zero-order valence-electron chi connectivity index (χ0n) is 19.7. The van der Waals surface area contributed by atoms with Crippen molar-refractivity contribution in [3.8, 4) is 16.9 Å². The highest BCUT2D eigenvalue weighted by Crippen LogP contribution is 2.41. The summed E-state index contributed by atoms with van der Waals surface area (Å²) in [6.07, 6.45) is 1.16. The molecule has 1 aliphatic carbocycles. The normalized spacial score (nSPS) is 17.2. The maximum absolute atomic E-state index is 13.1. The van der Waals surface area contributed by atoms with Crippen LogP contribution in [-0.2, 0) is 16.0 Å².